The summed E-state index contributed by atoms with van der Waals surface area (Å²) < 4.78 is 10.7. The molecule has 1 fully saturated rings. The molecule has 3 aromatic rings. The maximum absolute atomic E-state index is 14.4. The van der Waals surface area contributed by atoms with E-state index in [0.717, 1.165) is 4.90 Å². The molecule has 1 saturated heterocycles. The van der Waals surface area contributed by atoms with Crippen LogP contribution in [0.25, 0.3) is 0 Å². The van der Waals surface area contributed by atoms with Crippen molar-refractivity contribution in [2.45, 2.75) is 19.0 Å². The first kappa shape index (κ1) is 25.7. The number of hydrogen-bond acceptors (Lipinski definition) is 8. The van der Waals surface area contributed by atoms with Gasteiger partial charge in [-0.05, 0) is 34.9 Å². The Morgan fingerprint density at radius 2 is 1.67 bits per heavy atom. The minimum Gasteiger partial charge on any atom is -0.497 e. The van der Waals surface area contributed by atoms with Gasteiger partial charge in [0.25, 0.3) is 5.69 Å². The Kier molecular flexibility index (Phi) is 6.43. The fourth-order valence-electron chi connectivity index (χ4n) is 5.57. The molecule has 0 aliphatic carbocycles. The number of nitrogens with zero attached hydrogens (tertiary/aromatic N) is 3. The molecular weight excluding hydrogens is 504 g/mol. The minimum absolute atomic E-state index is 0.135. The highest BCUT2D eigenvalue weighted by atomic mass is 16.6. The number of ether oxygens (including phenoxy) is 2. The molecule has 39 heavy (non-hydrogen) atoms. The van der Waals surface area contributed by atoms with Gasteiger partial charge in [0.05, 0.1) is 31.7 Å². The highest BCUT2D eigenvalue weighted by Gasteiger charge is 2.62. The number of imide groups is 2. The van der Waals surface area contributed by atoms with Crippen LogP contribution < -0.4 is 19.7 Å². The molecule has 11 nitrogen and oxygen atoms in total. The number of anilines is 1. The van der Waals surface area contributed by atoms with Crippen LogP contribution >= 0.6 is 0 Å². The van der Waals surface area contributed by atoms with Gasteiger partial charge >= 0.3 is 6.03 Å². The molecule has 2 aliphatic heterocycles. The second kappa shape index (κ2) is 9.75. The van der Waals surface area contributed by atoms with Crippen molar-refractivity contribution in [2.24, 2.45) is 5.41 Å². The van der Waals surface area contributed by atoms with Crippen molar-refractivity contribution in [2.75, 3.05) is 26.2 Å². The summed E-state index contributed by atoms with van der Waals surface area (Å²) in [6.07, 6.45) is -0.135. The maximum Gasteiger partial charge on any atom is 0.331 e. The van der Waals surface area contributed by atoms with Crippen LogP contribution in [-0.4, -0.2) is 48.9 Å². The third-order valence-corrected chi connectivity index (χ3v) is 7.34. The molecule has 2 aliphatic rings. The Morgan fingerprint density at radius 3 is 2.28 bits per heavy atom. The molecule has 200 valence electrons. The zero-order chi connectivity index (χ0) is 27.9. The molecule has 5 rings (SSSR count). The number of barbiturate groups is 1. The van der Waals surface area contributed by atoms with Gasteiger partial charge < -0.3 is 14.4 Å². The number of nitrogens with one attached hydrogen (secondary N) is 1. The third kappa shape index (κ3) is 4.21. The number of carbonyl (C=O) groups is 3. The largest absolute Gasteiger partial charge is 0.497 e. The number of nitro groups is 1. The van der Waals surface area contributed by atoms with Gasteiger partial charge in [0, 0.05) is 37.4 Å². The van der Waals surface area contributed by atoms with Gasteiger partial charge in [-0.15, -0.1) is 0 Å². The number of carbonyl (C=O) groups excluding carboxylic acids is 3. The number of non-ortho nitro benzene ring substituents is 1. The molecule has 0 bridgehead atoms. The van der Waals surface area contributed by atoms with E-state index in [1.165, 1.54) is 26.4 Å². The SMILES string of the molecule is COc1cc(CN2C(=O)NC(=O)[C@]3(Cc4cc([N+](=O)[O-])ccc4N(C)[C@@H]3c3ccccc3)C2=O)cc(OC)c1. The summed E-state index contributed by atoms with van der Waals surface area (Å²) in [4.78, 5) is 55.0. The number of methoxy groups -OCH3 is 2. The lowest BCUT2D eigenvalue weighted by Gasteiger charge is -2.51. The van der Waals surface area contributed by atoms with Gasteiger partial charge in [0.1, 0.15) is 11.5 Å². The lowest BCUT2D eigenvalue weighted by atomic mass is 9.66. The molecule has 4 amide bonds. The molecule has 0 saturated carbocycles. The Hall–Kier alpha value is -4.93. The predicted octanol–water partition coefficient (Wildman–Crippen LogP) is 3.61. The summed E-state index contributed by atoms with van der Waals surface area (Å²) in [5, 5.41) is 13.9. The van der Waals surface area contributed by atoms with Crippen LogP contribution in [-0.2, 0) is 22.6 Å². The van der Waals surface area contributed by atoms with Crippen LogP contribution in [0.15, 0.2) is 66.7 Å². The van der Waals surface area contributed by atoms with Crippen LogP contribution in [0, 0.1) is 15.5 Å². The van der Waals surface area contributed by atoms with E-state index < -0.39 is 34.2 Å². The second-order valence-corrected chi connectivity index (χ2v) is 9.51. The second-order valence-electron chi connectivity index (χ2n) is 9.51. The smallest absolute Gasteiger partial charge is 0.331 e. The van der Waals surface area contributed by atoms with Crippen molar-refractivity contribution in [3.8, 4) is 11.5 Å². The van der Waals surface area contributed by atoms with Crippen molar-refractivity contribution in [1.82, 2.24) is 10.2 Å². The van der Waals surface area contributed by atoms with Gasteiger partial charge in [-0.2, -0.15) is 0 Å². The highest BCUT2D eigenvalue weighted by Crippen LogP contribution is 2.51. The lowest BCUT2D eigenvalue weighted by molar-refractivity contribution is -0.384. The average Bonchev–Trinajstić information content (AvgIpc) is 2.94. The van der Waals surface area contributed by atoms with E-state index in [9.17, 15) is 24.5 Å². The Morgan fingerprint density at radius 1 is 1.00 bits per heavy atom. The summed E-state index contributed by atoms with van der Waals surface area (Å²) in [6.45, 7) is -0.153. The van der Waals surface area contributed by atoms with E-state index in [0.29, 0.717) is 33.9 Å². The van der Waals surface area contributed by atoms with Crippen molar-refractivity contribution in [3.63, 3.8) is 0 Å². The van der Waals surface area contributed by atoms with Crippen LogP contribution in [0.3, 0.4) is 0 Å². The molecule has 0 unspecified atom stereocenters. The van der Waals surface area contributed by atoms with E-state index in [4.69, 9.17) is 9.47 Å². The van der Waals surface area contributed by atoms with Gasteiger partial charge in [-0.3, -0.25) is 29.9 Å². The first-order valence-electron chi connectivity index (χ1n) is 12.1. The molecule has 1 spiro atoms. The number of benzene rings is 3. The van der Waals surface area contributed by atoms with E-state index in [1.807, 2.05) is 18.2 Å². The van der Waals surface area contributed by atoms with Crippen LogP contribution in [0.4, 0.5) is 16.2 Å². The van der Waals surface area contributed by atoms with E-state index in [-0.39, 0.29) is 18.7 Å². The number of hydrogen-bond donors (Lipinski definition) is 1. The summed E-state index contributed by atoms with van der Waals surface area (Å²) in [5.41, 5.74) is 0.410. The van der Waals surface area contributed by atoms with Crippen molar-refractivity contribution in [1.29, 1.82) is 0 Å². The Balaban J connectivity index is 1.66. The number of urea groups is 1. The Labute approximate surface area is 224 Å². The summed E-state index contributed by atoms with van der Waals surface area (Å²) in [7, 11) is 4.71. The minimum atomic E-state index is -1.78. The number of rotatable bonds is 6. The lowest BCUT2D eigenvalue weighted by Crippen LogP contribution is -2.68. The molecule has 1 N–H and O–H groups in total. The molecule has 11 heteroatoms. The average molecular weight is 531 g/mol. The molecule has 2 heterocycles. The van der Waals surface area contributed by atoms with Gasteiger partial charge in [0.2, 0.25) is 11.8 Å². The van der Waals surface area contributed by atoms with Gasteiger partial charge in [-0.25, -0.2) is 4.79 Å². The molecule has 0 aromatic heterocycles. The monoisotopic (exact) mass is 530 g/mol. The van der Waals surface area contributed by atoms with Gasteiger partial charge in [0.15, 0.2) is 5.41 Å². The van der Waals surface area contributed by atoms with Crippen LogP contribution in [0.5, 0.6) is 11.5 Å². The van der Waals surface area contributed by atoms with E-state index >= 15 is 0 Å². The quantitative estimate of drug-likeness (QED) is 0.291. The van der Waals surface area contributed by atoms with E-state index in [2.05, 4.69) is 5.32 Å². The third-order valence-electron chi connectivity index (χ3n) is 7.34. The number of fused-ring (bicyclic) bond motifs is 1. The highest BCUT2D eigenvalue weighted by molar-refractivity contribution is 6.20. The fourth-order valence-corrected chi connectivity index (χ4v) is 5.57. The first-order valence-corrected chi connectivity index (χ1v) is 12.1. The summed E-state index contributed by atoms with van der Waals surface area (Å²) >= 11 is 0. The Bertz CT molecular complexity index is 1470. The predicted molar refractivity (Wildman–Crippen MR) is 140 cm³/mol. The zero-order valence-electron chi connectivity index (χ0n) is 21.5. The van der Waals surface area contributed by atoms with Crippen LogP contribution in [0.1, 0.15) is 22.7 Å². The maximum atomic E-state index is 14.4. The molecule has 2 atom stereocenters. The van der Waals surface area contributed by atoms with Crippen molar-refractivity contribution in [3.05, 3.63) is 93.5 Å². The normalized spacial score (nSPS) is 20.5. The van der Waals surface area contributed by atoms with Crippen LogP contribution in [0.2, 0.25) is 0 Å². The fraction of sp³-hybridized carbons (Fsp3) is 0.250. The molecule has 0 radical (unpaired) electrons. The summed E-state index contributed by atoms with van der Waals surface area (Å²) in [6, 6.07) is 16.8. The van der Waals surface area contributed by atoms with Crippen molar-refractivity contribution >= 4 is 29.2 Å². The molecular formula is C28H26N4O7. The zero-order valence-corrected chi connectivity index (χ0v) is 21.5. The number of amides is 4. The standard InChI is InChI=1S/C28H26N4O7/c1-30-23-10-9-20(32(36)37)13-19(23)15-28(24(30)18-7-5-4-6-8-18)25(33)29-27(35)31(26(28)34)16-17-11-21(38-2)14-22(12-17)39-3/h4-14,24H,15-16H2,1-3H3,(H,29,33,35)/t24-,28-/m1/s1. The first-order chi connectivity index (χ1) is 18.7. The van der Waals surface area contributed by atoms with Crippen molar-refractivity contribution < 1.29 is 28.8 Å². The van der Waals surface area contributed by atoms with Gasteiger partial charge in [-0.1, -0.05) is 30.3 Å². The summed E-state index contributed by atoms with van der Waals surface area (Å²) in [5.74, 6) is -0.507. The topological polar surface area (TPSA) is 131 Å². The molecule has 3 aromatic carbocycles. The number of nitro benzene ring substituents is 1. The van der Waals surface area contributed by atoms with E-state index in [1.54, 1.807) is 48.3 Å².